The van der Waals surface area contributed by atoms with Crippen LogP contribution in [0.25, 0.3) is 0 Å². The molecular formula is C14H24N2S. The van der Waals surface area contributed by atoms with E-state index in [4.69, 9.17) is 12.2 Å². The Kier molecular flexibility index (Phi) is 3.76. The molecule has 1 aliphatic rings. The summed E-state index contributed by atoms with van der Waals surface area (Å²) in [6.07, 6.45) is 9.03. The number of imidazole rings is 1. The van der Waals surface area contributed by atoms with E-state index in [-0.39, 0.29) is 0 Å². The van der Waals surface area contributed by atoms with Crippen molar-refractivity contribution in [1.82, 2.24) is 9.55 Å². The monoisotopic (exact) mass is 252 g/mol. The topological polar surface area (TPSA) is 20.7 Å². The van der Waals surface area contributed by atoms with Gasteiger partial charge in [0.1, 0.15) is 0 Å². The lowest BCUT2D eigenvalue weighted by Crippen LogP contribution is -2.25. The number of hydrogen-bond donors (Lipinski definition) is 1. The average Bonchev–Trinajstić information content (AvgIpc) is 2.75. The van der Waals surface area contributed by atoms with Gasteiger partial charge in [-0.25, -0.2) is 0 Å². The highest BCUT2D eigenvalue weighted by Crippen LogP contribution is 2.44. The van der Waals surface area contributed by atoms with Crippen molar-refractivity contribution < 1.29 is 0 Å². The first-order chi connectivity index (χ1) is 8.01. The van der Waals surface area contributed by atoms with Crippen molar-refractivity contribution in [2.75, 3.05) is 0 Å². The number of aromatic amines is 1. The second kappa shape index (κ2) is 4.97. The minimum Gasteiger partial charge on any atom is -0.335 e. The van der Waals surface area contributed by atoms with E-state index in [2.05, 4.69) is 36.5 Å². The van der Waals surface area contributed by atoms with Crippen LogP contribution in [0.1, 0.15) is 51.6 Å². The highest BCUT2D eigenvalue weighted by Gasteiger charge is 2.34. The van der Waals surface area contributed by atoms with Gasteiger partial charge in [0.15, 0.2) is 4.77 Å². The Morgan fingerprint density at radius 1 is 1.41 bits per heavy atom. The molecule has 3 heteroatoms. The summed E-state index contributed by atoms with van der Waals surface area (Å²) in [5.74, 6) is 0.780. The molecule has 17 heavy (non-hydrogen) atoms. The van der Waals surface area contributed by atoms with E-state index in [0.29, 0.717) is 5.41 Å². The van der Waals surface area contributed by atoms with Crippen molar-refractivity contribution in [2.45, 2.75) is 59.4 Å². The molecule has 1 aromatic rings. The summed E-state index contributed by atoms with van der Waals surface area (Å²) in [4.78, 5) is 3.23. The van der Waals surface area contributed by atoms with Crippen LogP contribution in [0.3, 0.4) is 0 Å². The van der Waals surface area contributed by atoms with Gasteiger partial charge < -0.3 is 9.55 Å². The Morgan fingerprint density at radius 2 is 2.06 bits per heavy atom. The van der Waals surface area contributed by atoms with E-state index < -0.39 is 0 Å². The third-order valence-corrected chi connectivity index (χ3v) is 4.26. The molecule has 2 rings (SSSR count). The molecule has 0 amide bonds. The number of nitrogens with zero attached hydrogens (tertiary/aromatic N) is 1. The zero-order chi connectivity index (χ0) is 12.5. The Hall–Kier alpha value is -0.570. The smallest absolute Gasteiger partial charge is 0.177 e. The molecule has 0 saturated heterocycles. The molecule has 0 aromatic carbocycles. The molecule has 1 fully saturated rings. The van der Waals surface area contributed by atoms with Gasteiger partial charge in [0, 0.05) is 18.4 Å². The van der Waals surface area contributed by atoms with Gasteiger partial charge in [0.2, 0.25) is 0 Å². The molecule has 1 N–H and O–H groups in total. The molecule has 0 spiro atoms. The number of nitrogens with one attached hydrogen (secondary N) is 1. The summed E-state index contributed by atoms with van der Waals surface area (Å²) >= 11 is 5.38. The SMILES string of the molecule is Cc1cn(CC2(CC(C)C)CCCC2)c(=S)[nH]1. The lowest BCUT2D eigenvalue weighted by Gasteiger charge is -2.31. The van der Waals surface area contributed by atoms with Crippen LogP contribution in [0.4, 0.5) is 0 Å². The summed E-state index contributed by atoms with van der Waals surface area (Å²) < 4.78 is 3.13. The lowest BCUT2D eigenvalue weighted by molar-refractivity contribution is 0.196. The molecule has 0 bridgehead atoms. The second-order valence-corrected chi connectivity index (χ2v) is 6.56. The van der Waals surface area contributed by atoms with Crippen molar-refractivity contribution in [2.24, 2.45) is 11.3 Å². The molecule has 0 aliphatic heterocycles. The summed E-state index contributed by atoms with van der Waals surface area (Å²) in [5, 5.41) is 0. The van der Waals surface area contributed by atoms with Crippen molar-refractivity contribution in [1.29, 1.82) is 0 Å². The van der Waals surface area contributed by atoms with Crippen LogP contribution in [-0.4, -0.2) is 9.55 Å². The molecular weight excluding hydrogens is 228 g/mol. The fraction of sp³-hybridized carbons (Fsp3) is 0.786. The van der Waals surface area contributed by atoms with Crippen molar-refractivity contribution in [3.05, 3.63) is 16.7 Å². The standard InChI is InChI=1S/C14H24N2S/c1-11(2)8-14(6-4-5-7-14)10-16-9-12(3)15-13(16)17/h9,11H,4-8,10H2,1-3H3,(H,15,17). The van der Waals surface area contributed by atoms with E-state index >= 15 is 0 Å². The van der Waals surface area contributed by atoms with Crippen LogP contribution in [0.15, 0.2) is 6.20 Å². The van der Waals surface area contributed by atoms with Gasteiger partial charge in [0.25, 0.3) is 0 Å². The highest BCUT2D eigenvalue weighted by molar-refractivity contribution is 7.71. The van der Waals surface area contributed by atoms with Crippen LogP contribution < -0.4 is 0 Å². The fourth-order valence-corrected chi connectivity index (χ4v) is 3.74. The minimum absolute atomic E-state index is 0.501. The number of hydrogen-bond acceptors (Lipinski definition) is 1. The van der Waals surface area contributed by atoms with E-state index in [1.54, 1.807) is 0 Å². The van der Waals surface area contributed by atoms with Gasteiger partial charge in [-0.3, -0.25) is 0 Å². The highest BCUT2D eigenvalue weighted by atomic mass is 32.1. The molecule has 1 aliphatic carbocycles. The normalized spacial score (nSPS) is 19.1. The molecule has 0 unspecified atom stereocenters. The van der Waals surface area contributed by atoms with Crippen molar-refractivity contribution in [3.8, 4) is 0 Å². The maximum atomic E-state index is 5.38. The van der Waals surface area contributed by atoms with Gasteiger partial charge in [-0.1, -0.05) is 26.7 Å². The molecule has 0 atom stereocenters. The molecule has 1 aromatic heterocycles. The Balaban J connectivity index is 2.18. The Labute approximate surface area is 109 Å². The largest absolute Gasteiger partial charge is 0.335 e. The third kappa shape index (κ3) is 3.01. The van der Waals surface area contributed by atoms with Crippen molar-refractivity contribution >= 4 is 12.2 Å². The lowest BCUT2D eigenvalue weighted by atomic mass is 9.78. The predicted octanol–water partition coefficient (Wildman–Crippen LogP) is 4.46. The van der Waals surface area contributed by atoms with Crippen LogP contribution in [0.2, 0.25) is 0 Å². The number of aromatic nitrogens is 2. The zero-order valence-corrected chi connectivity index (χ0v) is 12.1. The summed E-state index contributed by atoms with van der Waals surface area (Å²) in [6, 6.07) is 0. The first kappa shape index (κ1) is 12.9. The maximum absolute atomic E-state index is 5.38. The van der Waals surface area contributed by atoms with Crippen LogP contribution >= 0.6 is 12.2 Å². The summed E-state index contributed by atoms with van der Waals surface area (Å²) in [7, 11) is 0. The Morgan fingerprint density at radius 3 is 2.53 bits per heavy atom. The van der Waals surface area contributed by atoms with E-state index in [1.165, 1.54) is 37.8 Å². The van der Waals surface area contributed by atoms with Gasteiger partial charge in [-0.2, -0.15) is 0 Å². The molecule has 1 saturated carbocycles. The van der Waals surface area contributed by atoms with Crippen LogP contribution in [0, 0.1) is 23.0 Å². The first-order valence-electron chi connectivity index (χ1n) is 6.77. The summed E-state index contributed by atoms with van der Waals surface area (Å²) in [6.45, 7) is 7.86. The molecule has 0 radical (unpaired) electrons. The van der Waals surface area contributed by atoms with Crippen LogP contribution in [0.5, 0.6) is 0 Å². The van der Waals surface area contributed by atoms with Crippen molar-refractivity contribution in [3.63, 3.8) is 0 Å². The number of aryl methyl sites for hydroxylation is 1. The average molecular weight is 252 g/mol. The van der Waals surface area contributed by atoms with Gasteiger partial charge in [-0.15, -0.1) is 0 Å². The van der Waals surface area contributed by atoms with Gasteiger partial charge in [0.05, 0.1) is 0 Å². The van der Waals surface area contributed by atoms with E-state index in [0.717, 1.165) is 17.2 Å². The summed E-state index contributed by atoms with van der Waals surface area (Å²) in [5.41, 5.74) is 1.67. The Bertz CT molecular complexity index is 422. The maximum Gasteiger partial charge on any atom is 0.177 e. The van der Waals surface area contributed by atoms with E-state index in [9.17, 15) is 0 Å². The molecule has 1 heterocycles. The van der Waals surface area contributed by atoms with Gasteiger partial charge in [-0.05, 0) is 49.7 Å². The molecule has 96 valence electrons. The minimum atomic E-state index is 0.501. The molecule has 2 nitrogen and oxygen atoms in total. The first-order valence-corrected chi connectivity index (χ1v) is 7.18. The quantitative estimate of drug-likeness (QED) is 0.785. The third-order valence-electron chi connectivity index (χ3n) is 3.93. The van der Waals surface area contributed by atoms with Gasteiger partial charge >= 0.3 is 0 Å². The number of rotatable bonds is 4. The number of H-pyrrole nitrogens is 1. The fourth-order valence-electron chi connectivity index (χ4n) is 3.46. The van der Waals surface area contributed by atoms with Crippen LogP contribution in [-0.2, 0) is 6.54 Å². The second-order valence-electron chi connectivity index (χ2n) is 6.18. The van der Waals surface area contributed by atoms with E-state index in [1.807, 2.05) is 0 Å². The zero-order valence-electron chi connectivity index (χ0n) is 11.3. The predicted molar refractivity (Wildman–Crippen MR) is 74.7 cm³/mol.